The molecule has 0 aliphatic carbocycles. The van der Waals surface area contributed by atoms with Crippen LogP contribution in [0.1, 0.15) is 13.8 Å². The van der Waals surface area contributed by atoms with Gasteiger partial charge >= 0.3 is 10.1 Å². The summed E-state index contributed by atoms with van der Waals surface area (Å²) >= 11 is 0. The van der Waals surface area contributed by atoms with Crippen LogP contribution >= 0.6 is 0 Å². The number of fused-ring (bicyclic) bond motifs is 3. The molecule has 0 aliphatic rings. The molecule has 0 saturated heterocycles. The molecule has 1 aromatic carbocycles. The third kappa shape index (κ3) is 2.76. The molecule has 0 saturated carbocycles. The molecule has 0 N–H and O–H groups in total. The Labute approximate surface area is 128 Å². The first kappa shape index (κ1) is 14.8. The smallest absolute Gasteiger partial charge is 0.307 e. The van der Waals surface area contributed by atoms with Gasteiger partial charge in [0.1, 0.15) is 0 Å². The van der Waals surface area contributed by atoms with Crippen LogP contribution in [0.4, 0.5) is 0 Å². The fourth-order valence-corrected chi connectivity index (χ4v) is 2.89. The van der Waals surface area contributed by atoms with Gasteiger partial charge in [-0.15, -0.1) is 0 Å². The van der Waals surface area contributed by atoms with Crippen molar-refractivity contribution < 1.29 is 12.6 Å². The SMILES string of the molecule is CC(C)Cn1cnc2c(OS(C)(=O)=O)nc3ccccc3c21. The maximum Gasteiger partial charge on any atom is 0.307 e. The molecule has 0 radical (unpaired) electrons. The van der Waals surface area contributed by atoms with Crippen LogP contribution in [0.3, 0.4) is 0 Å². The lowest BCUT2D eigenvalue weighted by molar-refractivity contribution is 0.486. The topological polar surface area (TPSA) is 74.1 Å². The van der Waals surface area contributed by atoms with Gasteiger partial charge in [0.05, 0.1) is 23.6 Å². The second kappa shape index (κ2) is 5.24. The van der Waals surface area contributed by atoms with Crippen molar-refractivity contribution in [1.82, 2.24) is 14.5 Å². The molecule has 116 valence electrons. The Morgan fingerprint density at radius 2 is 2.00 bits per heavy atom. The fourth-order valence-electron chi connectivity index (χ4n) is 2.49. The van der Waals surface area contributed by atoms with Crippen molar-refractivity contribution in [3.8, 4) is 5.88 Å². The third-order valence-corrected chi connectivity index (χ3v) is 3.67. The van der Waals surface area contributed by atoms with Gasteiger partial charge in [-0.3, -0.25) is 0 Å². The van der Waals surface area contributed by atoms with Crippen molar-refractivity contribution in [2.24, 2.45) is 5.92 Å². The van der Waals surface area contributed by atoms with Crippen molar-refractivity contribution in [2.45, 2.75) is 20.4 Å². The molecule has 0 spiro atoms. The van der Waals surface area contributed by atoms with Gasteiger partial charge in [0.2, 0.25) is 0 Å². The minimum Gasteiger partial charge on any atom is -0.359 e. The van der Waals surface area contributed by atoms with Crippen LogP contribution in [0.2, 0.25) is 0 Å². The molecule has 2 aromatic heterocycles. The zero-order valence-corrected chi connectivity index (χ0v) is 13.5. The van der Waals surface area contributed by atoms with Crippen LogP contribution in [0.15, 0.2) is 30.6 Å². The van der Waals surface area contributed by atoms with E-state index in [2.05, 4.69) is 23.8 Å². The highest BCUT2D eigenvalue weighted by atomic mass is 32.2. The number of hydrogen-bond donors (Lipinski definition) is 0. The lowest BCUT2D eigenvalue weighted by Gasteiger charge is -2.10. The maximum atomic E-state index is 11.5. The highest BCUT2D eigenvalue weighted by molar-refractivity contribution is 7.86. The minimum atomic E-state index is -3.66. The molecular formula is C15H17N3O3S. The van der Waals surface area contributed by atoms with Crippen LogP contribution in [0.5, 0.6) is 5.88 Å². The first-order valence-corrected chi connectivity index (χ1v) is 8.80. The normalized spacial score (nSPS) is 12.4. The fraction of sp³-hybridized carbons (Fsp3) is 0.333. The van der Waals surface area contributed by atoms with E-state index in [1.165, 1.54) is 0 Å². The second-order valence-corrected chi connectivity index (χ2v) is 7.28. The molecule has 2 heterocycles. The second-order valence-electron chi connectivity index (χ2n) is 5.71. The Bertz CT molecular complexity index is 945. The van der Waals surface area contributed by atoms with Gasteiger partial charge in [0, 0.05) is 11.9 Å². The van der Waals surface area contributed by atoms with Gasteiger partial charge in [-0.05, 0) is 12.0 Å². The zero-order chi connectivity index (χ0) is 15.9. The first-order chi connectivity index (χ1) is 10.3. The van der Waals surface area contributed by atoms with Crippen molar-refractivity contribution >= 4 is 32.1 Å². The molecule has 0 atom stereocenters. The molecule has 0 aliphatic heterocycles. The van der Waals surface area contributed by atoms with Crippen LogP contribution in [-0.4, -0.2) is 29.2 Å². The van der Waals surface area contributed by atoms with E-state index >= 15 is 0 Å². The zero-order valence-electron chi connectivity index (χ0n) is 12.6. The summed E-state index contributed by atoms with van der Waals surface area (Å²) in [6, 6.07) is 7.56. The molecular weight excluding hydrogens is 302 g/mol. The maximum absolute atomic E-state index is 11.5. The molecule has 0 unspecified atom stereocenters. The Morgan fingerprint density at radius 1 is 1.27 bits per heavy atom. The lowest BCUT2D eigenvalue weighted by atomic mass is 10.1. The Kier molecular flexibility index (Phi) is 3.52. The number of para-hydroxylation sites is 1. The molecule has 7 heteroatoms. The van der Waals surface area contributed by atoms with Gasteiger partial charge in [-0.25, -0.2) is 9.97 Å². The summed E-state index contributed by atoms with van der Waals surface area (Å²) in [6.45, 7) is 5.01. The van der Waals surface area contributed by atoms with E-state index in [0.29, 0.717) is 17.0 Å². The summed E-state index contributed by atoms with van der Waals surface area (Å²) in [7, 11) is -3.66. The first-order valence-electron chi connectivity index (χ1n) is 6.98. The molecule has 0 bridgehead atoms. The number of imidazole rings is 1. The van der Waals surface area contributed by atoms with Gasteiger partial charge in [-0.1, -0.05) is 32.0 Å². The van der Waals surface area contributed by atoms with Crippen LogP contribution in [0.25, 0.3) is 21.9 Å². The highest BCUT2D eigenvalue weighted by Gasteiger charge is 2.18. The molecule has 3 rings (SSSR count). The molecule has 22 heavy (non-hydrogen) atoms. The van der Waals surface area contributed by atoms with E-state index in [1.807, 2.05) is 28.8 Å². The summed E-state index contributed by atoms with van der Waals surface area (Å²) in [5, 5.41) is 0.927. The van der Waals surface area contributed by atoms with E-state index < -0.39 is 10.1 Å². The average molecular weight is 319 g/mol. The number of aromatic nitrogens is 3. The molecule has 3 aromatic rings. The predicted molar refractivity (Wildman–Crippen MR) is 85.3 cm³/mol. The van der Waals surface area contributed by atoms with Crippen molar-refractivity contribution in [1.29, 1.82) is 0 Å². The van der Waals surface area contributed by atoms with Gasteiger partial charge in [0.15, 0.2) is 5.52 Å². The van der Waals surface area contributed by atoms with Crippen LogP contribution in [0, 0.1) is 5.92 Å². The number of benzene rings is 1. The number of rotatable bonds is 4. The number of nitrogens with zero attached hydrogens (tertiary/aromatic N) is 3. The summed E-state index contributed by atoms with van der Waals surface area (Å²) in [5.74, 6) is 0.460. The summed E-state index contributed by atoms with van der Waals surface area (Å²) in [5.41, 5.74) is 1.99. The van der Waals surface area contributed by atoms with E-state index in [9.17, 15) is 8.42 Å². The number of hydrogen-bond acceptors (Lipinski definition) is 5. The minimum absolute atomic E-state index is 0.0266. The molecule has 6 nitrogen and oxygen atoms in total. The van der Waals surface area contributed by atoms with Gasteiger partial charge < -0.3 is 8.75 Å². The molecule has 0 amide bonds. The third-order valence-electron chi connectivity index (χ3n) is 3.21. The standard InChI is InChI=1S/C15H17N3O3S/c1-10(2)8-18-9-16-13-14(18)11-6-4-5-7-12(11)17-15(13)21-22(3,19)20/h4-7,9-10H,8H2,1-3H3. The predicted octanol–water partition coefficient (Wildman–Crippen LogP) is 2.58. The van der Waals surface area contributed by atoms with E-state index in [4.69, 9.17) is 4.18 Å². The Morgan fingerprint density at radius 3 is 2.68 bits per heavy atom. The van der Waals surface area contributed by atoms with Crippen LogP contribution < -0.4 is 4.18 Å². The summed E-state index contributed by atoms with van der Waals surface area (Å²) in [4.78, 5) is 8.62. The van der Waals surface area contributed by atoms with Crippen molar-refractivity contribution in [3.05, 3.63) is 30.6 Å². The number of pyridine rings is 1. The average Bonchev–Trinajstić information content (AvgIpc) is 2.81. The summed E-state index contributed by atoms with van der Waals surface area (Å²) in [6.07, 6.45) is 2.70. The summed E-state index contributed by atoms with van der Waals surface area (Å²) < 4.78 is 30.0. The van der Waals surface area contributed by atoms with E-state index in [0.717, 1.165) is 23.7 Å². The van der Waals surface area contributed by atoms with E-state index in [1.54, 1.807) is 6.33 Å². The highest BCUT2D eigenvalue weighted by Crippen LogP contribution is 2.30. The van der Waals surface area contributed by atoms with Crippen LogP contribution in [-0.2, 0) is 16.7 Å². The van der Waals surface area contributed by atoms with Gasteiger partial charge in [0.25, 0.3) is 5.88 Å². The van der Waals surface area contributed by atoms with Gasteiger partial charge in [-0.2, -0.15) is 8.42 Å². The van der Waals surface area contributed by atoms with Crippen molar-refractivity contribution in [2.75, 3.05) is 6.26 Å². The largest absolute Gasteiger partial charge is 0.359 e. The van der Waals surface area contributed by atoms with Crippen molar-refractivity contribution in [3.63, 3.8) is 0 Å². The quantitative estimate of drug-likeness (QED) is 0.691. The Balaban J connectivity index is 2.34. The van der Waals surface area contributed by atoms with E-state index in [-0.39, 0.29) is 5.88 Å². The lowest BCUT2D eigenvalue weighted by Crippen LogP contribution is -2.08. The molecule has 0 fully saturated rings. The Hall–Kier alpha value is -2.15. The monoisotopic (exact) mass is 319 g/mol.